The number of hydrogen-bond donors (Lipinski definition) is 3. The van der Waals surface area contributed by atoms with Crippen molar-refractivity contribution >= 4 is 41.5 Å². The molecule has 1 heterocycles. The van der Waals surface area contributed by atoms with Gasteiger partial charge in [0.1, 0.15) is 0 Å². The molecule has 122 valence electrons. The topological polar surface area (TPSA) is 70.2 Å². The Kier molecular flexibility index (Phi) is 7.13. The third-order valence-corrected chi connectivity index (χ3v) is 4.02. The van der Waals surface area contributed by atoms with E-state index in [9.17, 15) is 9.59 Å². The average Bonchev–Trinajstić information content (AvgIpc) is 2.46. The molecule has 1 aromatic carbocycles. The van der Waals surface area contributed by atoms with Crippen molar-refractivity contribution in [2.75, 3.05) is 18.9 Å². The molecule has 1 saturated heterocycles. The van der Waals surface area contributed by atoms with E-state index in [1.165, 1.54) is 0 Å². The average molecular weight is 346 g/mol. The Bertz CT molecular complexity index is 552. The van der Waals surface area contributed by atoms with E-state index in [1.807, 2.05) is 0 Å². The molecule has 0 spiro atoms. The van der Waals surface area contributed by atoms with Crippen LogP contribution in [0.3, 0.4) is 0 Å². The maximum atomic E-state index is 12.2. The van der Waals surface area contributed by atoms with Crippen molar-refractivity contribution in [2.45, 2.75) is 25.8 Å². The fourth-order valence-electron chi connectivity index (χ4n) is 2.53. The Morgan fingerprint density at radius 1 is 1.36 bits per heavy atom. The van der Waals surface area contributed by atoms with E-state index < -0.39 is 0 Å². The number of amides is 2. The Labute approximate surface area is 141 Å². The number of rotatable bonds is 3. The molecule has 2 amide bonds. The Morgan fingerprint density at radius 2 is 2.09 bits per heavy atom. The lowest BCUT2D eigenvalue weighted by molar-refractivity contribution is -0.120. The van der Waals surface area contributed by atoms with E-state index in [-0.39, 0.29) is 30.1 Å². The molecule has 0 bridgehead atoms. The van der Waals surface area contributed by atoms with Gasteiger partial charge in [-0.3, -0.25) is 9.59 Å². The summed E-state index contributed by atoms with van der Waals surface area (Å²) in [4.78, 5) is 23.8. The largest absolute Gasteiger partial charge is 0.355 e. The highest BCUT2D eigenvalue weighted by atomic mass is 35.5. The number of nitrogens with one attached hydrogen (secondary N) is 3. The van der Waals surface area contributed by atoms with Crippen LogP contribution in [0.25, 0.3) is 0 Å². The first kappa shape index (κ1) is 18.7. The molecule has 2 atom stereocenters. The summed E-state index contributed by atoms with van der Waals surface area (Å²) in [5.74, 6) is -0.226. The van der Waals surface area contributed by atoms with Gasteiger partial charge >= 0.3 is 0 Å². The second-order valence-electron chi connectivity index (χ2n) is 5.34. The van der Waals surface area contributed by atoms with Crippen LogP contribution in [-0.4, -0.2) is 31.4 Å². The van der Waals surface area contributed by atoms with Crippen LogP contribution in [0, 0.1) is 5.92 Å². The molecule has 0 radical (unpaired) electrons. The van der Waals surface area contributed by atoms with Gasteiger partial charge in [0.15, 0.2) is 0 Å². The predicted molar refractivity (Wildman–Crippen MR) is 90.9 cm³/mol. The van der Waals surface area contributed by atoms with Gasteiger partial charge < -0.3 is 16.0 Å². The van der Waals surface area contributed by atoms with Gasteiger partial charge in [-0.05, 0) is 44.5 Å². The second-order valence-corrected chi connectivity index (χ2v) is 5.75. The molecule has 0 aromatic heterocycles. The molecule has 1 aliphatic heterocycles. The molecule has 0 saturated carbocycles. The van der Waals surface area contributed by atoms with Crippen LogP contribution in [-0.2, 0) is 4.79 Å². The first-order valence-electron chi connectivity index (χ1n) is 7.07. The van der Waals surface area contributed by atoms with E-state index in [0.717, 1.165) is 19.4 Å². The van der Waals surface area contributed by atoms with Crippen molar-refractivity contribution in [3.8, 4) is 0 Å². The number of hydrogen-bond acceptors (Lipinski definition) is 3. The quantitative estimate of drug-likeness (QED) is 0.787. The molecule has 3 N–H and O–H groups in total. The lowest BCUT2D eigenvalue weighted by Crippen LogP contribution is -2.40. The summed E-state index contributed by atoms with van der Waals surface area (Å²) >= 11 is 6.07. The molecule has 5 nitrogen and oxygen atoms in total. The molecule has 2 rings (SSSR count). The molecule has 0 aliphatic carbocycles. The highest BCUT2D eigenvalue weighted by Gasteiger charge is 2.24. The predicted octanol–water partition coefficient (Wildman–Crippen LogP) is 2.45. The van der Waals surface area contributed by atoms with Crippen molar-refractivity contribution < 1.29 is 9.59 Å². The SMILES string of the molecule is CNC(=O)c1ccc(NC(=O)[C@H]2CCN[C@@H](C)C2)cc1Cl.Cl. The Morgan fingerprint density at radius 3 is 2.68 bits per heavy atom. The van der Waals surface area contributed by atoms with Crippen molar-refractivity contribution in [3.05, 3.63) is 28.8 Å². The van der Waals surface area contributed by atoms with Crippen molar-refractivity contribution in [2.24, 2.45) is 5.92 Å². The minimum absolute atomic E-state index is 0. The maximum Gasteiger partial charge on any atom is 0.252 e. The van der Waals surface area contributed by atoms with E-state index in [4.69, 9.17) is 11.6 Å². The van der Waals surface area contributed by atoms with Crippen molar-refractivity contribution in [1.29, 1.82) is 0 Å². The third kappa shape index (κ3) is 4.60. The second kappa shape index (κ2) is 8.36. The summed E-state index contributed by atoms with van der Waals surface area (Å²) in [6.45, 7) is 2.93. The van der Waals surface area contributed by atoms with E-state index >= 15 is 0 Å². The Balaban J connectivity index is 0.00000242. The van der Waals surface area contributed by atoms with Gasteiger partial charge in [-0.15, -0.1) is 12.4 Å². The fraction of sp³-hybridized carbons (Fsp3) is 0.467. The standard InChI is InChI=1S/C15H20ClN3O2.ClH/c1-9-7-10(5-6-18-9)14(20)19-11-3-4-12(13(16)8-11)15(21)17-2;/h3-4,8-10,18H,5-7H2,1-2H3,(H,17,21)(H,19,20);1H/t9-,10-;/m0./s1. The summed E-state index contributed by atoms with van der Waals surface area (Å²) in [5.41, 5.74) is 1.01. The number of piperidine rings is 1. The number of benzene rings is 1. The van der Waals surface area contributed by atoms with Crippen LogP contribution in [0.5, 0.6) is 0 Å². The van der Waals surface area contributed by atoms with E-state index in [0.29, 0.717) is 22.3 Å². The summed E-state index contributed by atoms with van der Waals surface area (Å²) in [6.07, 6.45) is 1.66. The normalized spacial score (nSPS) is 20.7. The highest BCUT2D eigenvalue weighted by Crippen LogP contribution is 2.23. The lowest BCUT2D eigenvalue weighted by Gasteiger charge is -2.27. The first-order valence-corrected chi connectivity index (χ1v) is 7.45. The van der Waals surface area contributed by atoms with Gasteiger partial charge in [0.2, 0.25) is 5.91 Å². The fourth-order valence-corrected chi connectivity index (χ4v) is 2.79. The highest BCUT2D eigenvalue weighted by molar-refractivity contribution is 6.34. The van der Waals surface area contributed by atoms with Gasteiger partial charge in [-0.1, -0.05) is 11.6 Å². The minimum atomic E-state index is -0.245. The van der Waals surface area contributed by atoms with Crippen molar-refractivity contribution in [1.82, 2.24) is 10.6 Å². The number of carbonyl (C=O) groups is 2. The van der Waals surface area contributed by atoms with Crippen LogP contribution in [0.4, 0.5) is 5.69 Å². The van der Waals surface area contributed by atoms with Crippen LogP contribution in [0.2, 0.25) is 5.02 Å². The summed E-state index contributed by atoms with van der Waals surface area (Å²) in [6, 6.07) is 5.27. The van der Waals surface area contributed by atoms with Gasteiger partial charge in [-0.2, -0.15) is 0 Å². The monoisotopic (exact) mass is 345 g/mol. The third-order valence-electron chi connectivity index (χ3n) is 3.70. The molecule has 22 heavy (non-hydrogen) atoms. The minimum Gasteiger partial charge on any atom is -0.355 e. The van der Waals surface area contributed by atoms with Crippen LogP contribution in [0.15, 0.2) is 18.2 Å². The molecule has 7 heteroatoms. The molecular formula is C15H21Cl2N3O2. The van der Waals surface area contributed by atoms with Gasteiger partial charge in [0.05, 0.1) is 10.6 Å². The van der Waals surface area contributed by atoms with Crippen LogP contribution in [0.1, 0.15) is 30.1 Å². The number of anilines is 1. The zero-order chi connectivity index (χ0) is 15.4. The lowest BCUT2D eigenvalue weighted by atomic mass is 9.92. The van der Waals surface area contributed by atoms with Crippen molar-refractivity contribution in [3.63, 3.8) is 0 Å². The maximum absolute atomic E-state index is 12.2. The molecule has 1 fully saturated rings. The smallest absolute Gasteiger partial charge is 0.252 e. The molecule has 1 aliphatic rings. The van der Waals surface area contributed by atoms with Gasteiger partial charge in [-0.25, -0.2) is 0 Å². The first-order chi connectivity index (χ1) is 10.0. The number of halogens is 2. The summed E-state index contributed by atoms with van der Waals surface area (Å²) in [5, 5.41) is 9.04. The van der Waals surface area contributed by atoms with E-state index in [2.05, 4.69) is 22.9 Å². The zero-order valence-electron chi connectivity index (χ0n) is 12.6. The van der Waals surface area contributed by atoms with Gasteiger partial charge in [0, 0.05) is 24.7 Å². The molecular weight excluding hydrogens is 325 g/mol. The van der Waals surface area contributed by atoms with E-state index in [1.54, 1.807) is 25.2 Å². The molecule has 1 aromatic rings. The summed E-state index contributed by atoms with van der Waals surface area (Å²) in [7, 11) is 1.55. The van der Waals surface area contributed by atoms with Gasteiger partial charge in [0.25, 0.3) is 5.91 Å². The molecule has 0 unspecified atom stereocenters. The summed E-state index contributed by atoms with van der Waals surface area (Å²) < 4.78 is 0. The number of carbonyl (C=O) groups excluding carboxylic acids is 2. The zero-order valence-corrected chi connectivity index (χ0v) is 14.2. The van der Waals surface area contributed by atoms with Crippen LogP contribution >= 0.6 is 24.0 Å². The van der Waals surface area contributed by atoms with Crippen LogP contribution < -0.4 is 16.0 Å². The Hall–Kier alpha value is -1.30.